The summed E-state index contributed by atoms with van der Waals surface area (Å²) in [6.07, 6.45) is -4.57. The SMILES string of the molecule is Cc1ccc(-c2cc(C(F)(F)F)n3nc(C)c(-c4ccc(Cl)cc4)c3n2)cc1. The molecular formula is C21H15ClF3N3. The molecule has 0 atom stereocenters. The van der Waals surface area contributed by atoms with Crippen molar-refractivity contribution in [3.63, 3.8) is 0 Å². The quantitative estimate of drug-likeness (QED) is 0.391. The number of hydrogen-bond donors (Lipinski definition) is 0. The van der Waals surface area contributed by atoms with Gasteiger partial charge in [0.15, 0.2) is 11.3 Å². The van der Waals surface area contributed by atoms with Gasteiger partial charge in [0.25, 0.3) is 0 Å². The van der Waals surface area contributed by atoms with Crippen LogP contribution in [0.5, 0.6) is 0 Å². The summed E-state index contributed by atoms with van der Waals surface area (Å²) in [6, 6.07) is 15.1. The molecule has 0 unspecified atom stereocenters. The minimum Gasteiger partial charge on any atom is -0.228 e. The molecule has 0 saturated heterocycles. The molecule has 0 radical (unpaired) electrons. The van der Waals surface area contributed by atoms with Crippen molar-refractivity contribution in [3.8, 4) is 22.4 Å². The van der Waals surface area contributed by atoms with Crippen molar-refractivity contribution < 1.29 is 13.2 Å². The van der Waals surface area contributed by atoms with Gasteiger partial charge in [0.1, 0.15) is 0 Å². The smallest absolute Gasteiger partial charge is 0.228 e. The van der Waals surface area contributed by atoms with Gasteiger partial charge in [0, 0.05) is 16.1 Å². The first kappa shape index (κ1) is 18.5. The van der Waals surface area contributed by atoms with Crippen molar-refractivity contribution in [2.45, 2.75) is 20.0 Å². The first-order valence-electron chi connectivity index (χ1n) is 8.54. The van der Waals surface area contributed by atoms with Gasteiger partial charge >= 0.3 is 6.18 Å². The van der Waals surface area contributed by atoms with Crippen LogP contribution in [0.4, 0.5) is 13.2 Å². The normalized spacial score (nSPS) is 11.9. The lowest BCUT2D eigenvalue weighted by Gasteiger charge is -2.12. The number of aromatic nitrogens is 3. The van der Waals surface area contributed by atoms with Crippen LogP contribution in [0.25, 0.3) is 28.0 Å². The lowest BCUT2D eigenvalue weighted by molar-refractivity contribution is -0.142. The van der Waals surface area contributed by atoms with E-state index < -0.39 is 11.9 Å². The van der Waals surface area contributed by atoms with Crippen LogP contribution in [0, 0.1) is 13.8 Å². The van der Waals surface area contributed by atoms with E-state index in [1.165, 1.54) is 0 Å². The standard InChI is InChI=1S/C21H15ClF3N3/c1-12-3-5-14(6-4-12)17-11-18(21(23,24)25)28-20(26-17)19(13(2)27-28)15-7-9-16(22)10-8-15/h3-11H,1-2H3. The Morgan fingerprint density at radius 2 is 1.50 bits per heavy atom. The van der Waals surface area contributed by atoms with Crippen molar-refractivity contribution >= 4 is 17.2 Å². The Hall–Kier alpha value is -2.86. The predicted octanol–water partition coefficient (Wildman–Crippen LogP) is 6.35. The summed E-state index contributed by atoms with van der Waals surface area (Å²) in [5.74, 6) is 0. The Balaban J connectivity index is 2.04. The molecule has 0 amide bonds. The van der Waals surface area contributed by atoms with Crippen LogP contribution in [0.1, 0.15) is 17.0 Å². The maximum absolute atomic E-state index is 13.8. The Bertz CT molecular complexity index is 1160. The molecule has 0 fully saturated rings. The first-order valence-corrected chi connectivity index (χ1v) is 8.92. The van der Waals surface area contributed by atoms with E-state index in [2.05, 4.69) is 10.1 Å². The summed E-state index contributed by atoms with van der Waals surface area (Å²) in [5.41, 5.74) is 2.88. The first-order chi connectivity index (χ1) is 13.2. The molecule has 0 spiro atoms. The lowest BCUT2D eigenvalue weighted by atomic mass is 10.1. The van der Waals surface area contributed by atoms with Crippen molar-refractivity contribution in [1.82, 2.24) is 14.6 Å². The minimum absolute atomic E-state index is 0.158. The highest BCUT2D eigenvalue weighted by Gasteiger charge is 2.36. The summed E-state index contributed by atoms with van der Waals surface area (Å²) in [4.78, 5) is 4.54. The number of benzene rings is 2. The fourth-order valence-corrected chi connectivity index (χ4v) is 3.28. The number of halogens is 4. The second-order valence-corrected chi connectivity index (χ2v) is 7.03. The second kappa shape index (κ2) is 6.63. The van der Waals surface area contributed by atoms with E-state index in [1.807, 2.05) is 19.1 Å². The molecular weight excluding hydrogens is 387 g/mol. The molecule has 28 heavy (non-hydrogen) atoms. The molecule has 4 aromatic rings. The Labute approximate surface area is 164 Å². The third kappa shape index (κ3) is 3.24. The third-order valence-electron chi connectivity index (χ3n) is 4.53. The highest BCUT2D eigenvalue weighted by Crippen LogP contribution is 2.36. The number of hydrogen-bond acceptors (Lipinski definition) is 2. The number of fused-ring (bicyclic) bond motifs is 1. The molecule has 2 heterocycles. The van der Waals surface area contributed by atoms with E-state index in [0.29, 0.717) is 27.4 Å². The molecule has 4 rings (SSSR count). The number of nitrogens with zero attached hydrogens (tertiary/aromatic N) is 3. The molecule has 7 heteroatoms. The zero-order valence-electron chi connectivity index (χ0n) is 15.0. The third-order valence-corrected chi connectivity index (χ3v) is 4.79. The zero-order valence-corrected chi connectivity index (χ0v) is 15.8. The largest absolute Gasteiger partial charge is 0.433 e. The van der Waals surface area contributed by atoms with Gasteiger partial charge in [-0.1, -0.05) is 53.6 Å². The summed E-state index contributed by atoms with van der Waals surface area (Å²) < 4.78 is 42.2. The van der Waals surface area contributed by atoms with E-state index in [-0.39, 0.29) is 11.3 Å². The van der Waals surface area contributed by atoms with Crippen LogP contribution in [0.2, 0.25) is 5.02 Å². The minimum atomic E-state index is -4.57. The second-order valence-electron chi connectivity index (χ2n) is 6.59. The maximum atomic E-state index is 13.8. The van der Waals surface area contributed by atoms with E-state index in [9.17, 15) is 13.2 Å². The van der Waals surface area contributed by atoms with Gasteiger partial charge < -0.3 is 0 Å². The Morgan fingerprint density at radius 1 is 0.893 bits per heavy atom. The fourth-order valence-electron chi connectivity index (χ4n) is 3.15. The average molecular weight is 402 g/mol. The van der Waals surface area contributed by atoms with Crippen LogP contribution in [-0.4, -0.2) is 14.6 Å². The molecule has 0 aliphatic carbocycles. The monoisotopic (exact) mass is 401 g/mol. The van der Waals surface area contributed by atoms with Gasteiger partial charge in [-0.15, -0.1) is 0 Å². The van der Waals surface area contributed by atoms with E-state index in [4.69, 9.17) is 11.6 Å². The fraction of sp³-hybridized carbons (Fsp3) is 0.143. The average Bonchev–Trinajstić information content (AvgIpc) is 2.97. The zero-order chi connectivity index (χ0) is 20.1. The van der Waals surface area contributed by atoms with Crippen LogP contribution in [0.3, 0.4) is 0 Å². The molecule has 3 nitrogen and oxygen atoms in total. The highest BCUT2D eigenvalue weighted by atomic mass is 35.5. The van der Waals surface area contributed by atoms with Gasteiger partial charge in [-0.3, -0.25) is 0 Å². The van der Waals surface area contributed by atoms with E-state index in [0.717, 1.165) is 16.1 Å². The summed E-state index contributed by atoms with van der Waals surface area (Å²) in [6.45, 7) is 3.59. The van der Waals surface area contributed by atoms with Crippen molar-refractivity contribution in [3.05, 3.63) is 76.6 Å². The number of aryl methyl sites for hydroxylation is 2. The molecule has 0 aliphatic rings. The van der Waals surface area contributed by atoms with Crippen LogP contribution >= 0.6 is 11.6 Å². The van der Waals surface area contributed by atoms with Crippen LogP contribution in [0.15, 0.2) is 54.6 Å². The van der Waals surface area contributed by atoms with Crippen molar-refractivity contribution in [2.75, 3.05) is 0 Å². The van der Waals surface area contributed by atoms with Gasteiger partial charge in [-0.2, -0.15) is 18.3 Å². The number of rotatable bonds is 2. The molecule has 0 N–H and O–H groups in total. The number of alkyl halides is 3. The summed E-state index contributed by atoms with van der Waals surface area (Å²) >= 11 is 5.95. The molecule has 2 aromatic heterocycles. The lowest BCUT2D eigenvalue weighted by Crippen LogP contribution is -2.13. The molecule has 2 aromatic carbocycles. The Morgan fingerprint density at radius 3 is 2.11 bits per heavy atom. The topological polar surface area (TPSA) is 30.2 Å². The van der Waals surface area contributed by atoms with Crippen LogP contribution in [-0.2, 0) is 6.18 Å². The van der Waals surface area contributed by atoms with Crippen LogP contribution < -0.4 is 0 Å². The maximum Gasteiger partial charge on any atom is 0.433 e. The Kier molecular flexibility index (Phi) is 4.38. The summed E-state index contributed by atoms with van der Waals surface area (Å²) in [5, 5.41) is 4.67. The van der Waals surface area contributed by atoms with Crippen molar-refractivity contribution in [1.29, 1.82) is 0 Å². The molecule has 142 valence electrons. The van der Waals surface area contributed by atoms with Gasteiger partial charge in [-0.25, -0.2) is 9.50 Å². The molecule has 0 aliphatic heterocycles. The summed E-state index contributed by atoms with van der Waals surface area (Å²) in [7, 11) is 0. The van der Waals surface area contributed by atoms with E-state index >= 15 is 0 Å². The molecule has 0 saturated carbocycles. The van der Waals surface area contributed by atoms with E-state index in [1.54, 1.807) is 43.3 Å². The predicted molar refractivity (Wildman–Crippen MR) is 103 cm³/mol. The highest BCUT2D eigenvalue weighted by molar-refractivity contribution is 6.30. The van der Waals surface area contributed by atoms with Crippen molar-refractivity contribution in [2.24, 2.45) is 0 Å². The van der Waals surface area contributed by atoms with Gasteiger partial charge in [0.2, 0.25) is 0 Å². The van der Waals surface area contributed by atoms with Gasteiger partial charge in [-0.05, 0) is 37.6 Å². The molecule has 0 bridgehead atoms. The van der Waals surface area contributed by atoms with Gasteiger partial charge in [0.05, 0.1) is 11.4 Å².